The van der Waals surface area contributed by atoms with Crippen molar-refractivity contribution in [2.75, 3.05) is 7.11 Å². The smallest absolute Gasteiger partial charge is 0.165 e. The molecule has 1 aromatic heterocycles. The Morgan fingerprint density at radius 1 is 1.25 bits per heavy atom. The zero-order valence-corrected chi connectivity index (χ0v) is 9.27. The molecule has 0 fully saturated rings. The van der Waals surface area contributed by atoms with Gasteiger partial charge in [0.1, 0.15) is 0 Å². The second-order valence-corrected chi connectivity index (χ2v) is 3.61. The summed E-state index contributed by atoms with van der Waals surface area (Å²) in [5, 5.41) is 9.98. The number of hydrogen-bond donors (Lipinski definition) is 1. The summed E-state index contributed by atoms with van der Waals surface area (Å²) in [4.78, 5) is 4.11. The fourth-order valence-electron chi connectivity index (χ4n) is 1.62. The van der Waals surface area contributed by atoms with E-state index in [9.17, 15) is 5.11 Å². The van der Waals surface area contributed by atoms with Gasteiger partial charge in [0.2, 0.25) is 0 Å². The molecule has 2 aromatic rings. The maximum atomic E-state index is 9.98. The van der Waals surface area contributed by atoms with Gasteiger partial charge in [-0.15, -0.1) is 0 Å². The van der Waals surface area contributed by atoms with E-state index in [1.165, 1.54) is 7.11 Å². The number of phenolic OH excluding ortho intramolecular Hbond substituents is 1. The zero-order valence-electron chi connectivity index (χ0n) is 9.27. The van der Waals surface area contributed by atoms with Crippen LogP contribution >= 0.6 is 0 Å². The molecule has 0 aliphatic heterocycles. The van der Waals surface area contributed by atoms with Gasteiger partial charge >= 0.3 is 0 Å². The molecule has 1 heterocycles. The van der Waals surface area contributed by atoms with Crippen molar-refractivity contribution in [1.82, 2.24) is 4.98 Å². The SMILES string of the molecule is COc1cccc(-c2cncc(C)c2)c1O. The molecule has 0 aliphatic rings. The number of nitrogens with zero attached hydrogens (tertiary/aromatic N) is 1. The molecular formula is C13H13NO2. The van der Waals surface area contributed by atoms with Crippen LogP contribution in [0, 0.1) is 6.92 Å². The van der Waals surface area contributed by atoms with Gasteiger partial charge in [0.25, 0.3) is 0 Å². The third-order valence-corrected chi connectivity index (χ3v) is 2.40. The van der Waals surface area contributed by atoms with Crippen molar-refractivity contribution in [2.24, 2.45) is 0 Å². The molecule has 0 aliphatic carbocycles. The summed E-state index contributed by atoms with van der Waals surface area (Å²) < 4.78 is 5.07. The molecule has 82 valence electrons. The number of ether oxygens (including phenoxy) is 1. The van der Waals surface area contributed by atoms with E-state index >= 15 is 0 Å². The van der Waals surface area contributed by atoms with Gasteiger partial charge in [-0.05, 0) is 24.6 Å². The first-order valence-corrected chi connectivity index (χ1v) is 5.00. The second-order valence-electron chi connectivity index (χ2n) is 3.61. The lowest BCUT2D eigenvalue weighted by Crippen LogP contribution is -1.87. The molecule has 3 nitrogen and oxygen atoms in total. The van der Waals surface area contributed by atoms with E-state index in [-0.39, 0.29) is 5.75 Å². The average molecular weight is 215 g/mol. The number of aromatic nitrogens is 1. The van der Waals surface area contributed by atoms with Crippen LogP contribution in [0.4, 0.5) is 0 Å². The Morgan fingerprint density at radius 2 is 2.06 bits per heavy atom. The number of rotatable bonds is 2. The number of aromatic hydroxyl groups is 1. The minimum absolute atomic E-state index is 0.150. The molecule has 1 N–H and O–H groups in total. The molecule has 1 aromatic carbocycles. The van der Waals surface area contributed by atoms with E-state index in [0.29, 0.717) is 5.75 Å². The van der Waals surface area contributed by atoms with Crippen molar-refractivity contribution < 1.29 is 9.84 Å². The lowest BCUT2D eigenvalue weighted by Gasteiger charge is -2.08. The summed E-state index contributed by atoms with van der Waals surface area (Å²) >= 11 is 0. The van der Waals surface area contributed by atoms with Gasteiger partial charge in [0.15, 0.2) is 11.5 Å². The fourth-order valence-corrected chi connectivity index (χ4v) is 1.62. The molecule has 0 bridgehead atoms. The maximum Gasteiger partial charge on any atom is 0.165 e. The fraction of sp³-hybridized carbons (Fsp3) is 0.154. The summed E-state index contributed by atoms with van der Waals surface area (Å²) in [6.45, 7) is 1.97. The minimum atomic E-state index is 0.150. The lowest BCUT2D eigenvalue weighted by molar-refractivity contribution is 0.374. The van der Waals surface area contributed by atoms with Crippen LogP contribution < -0.4 is 4.74 Å². The van der Waals surface area contributed by atoms with Gasteiger partial charge in [0.05, 0.1) is 7.11 Å². The maximum absolute atomic E-state index is 9.98. The highest BCUT2D eigenvalue weighted by molar-refractivity contribution is 5.72. The van der Waals surface area contributed by atoms with E-state index in [2.05, 4.69) is 4.98 Å². The molecule has 0 atom stereocenters. The molecule has 0 amide bonds. The summed E-state index contributed by atoms with van der Waals surface area (Å²) in [6, 6.07) is 7.38. The van der Waals surface area contributed by atoms with Crippen molar-refractivity contribution in [2.45, 2.75) is 6.92 Å². The summed E-state index contributed by atoms with van der Waals surface area (Å²) in [7, 11) is 1.54. The quantitative estimate of drug-likeness (QED) is 0.837. The van der Waals surface area contributed by atoms with Crippen molar-refractivity contribution >= 4 is 0 Å². The highest BCUT2D eigenvalue weighted by atomic mass is 16.5. The Bertz CT molecular complexity index is 509. The van der Waals surface area contributed by atoms with Crippen molar-refractivity contribution in [1.29, 1.82) is 0 Å². The molecule has 0 radical (unpaired) electrons. The monoisotopic (exact) mass is 215 g/mol. The van der Waals surface area contributed by atoms with E-state index < -0.39 is 0 Å². The number of methoxy groups -OCH3 is 1. The highest BCUT2D eigenvalue weighted by Gasteiger charge is 2.09. The van der Waals surface area contributed by atoms with E-state index in [1.807, 2.05) is 25.1 Å². The predicted octanol–water partition coefficient (Wildman–Crippen LogP) is 2.77. The molecule has 16 heavy (non-hydrogen) atoms. The summed E-state index contributed by atoms with van der Waals surface area (Å²) in [5.41, 5.74) is 2.67. The second kappa shape index (κ2) is 4.23. The first kappa shape index (κ1) is 10.5. The van der Waals surface area contributed by atoms with Gasteiger partial charge in [-0.25, -0.2) is 0 Å². The van der Waals surface area contributed by atoms with Crippen LogP contribution in [0.25, 0.3) is 11.1 Å². The van der Waals surface area contributed by atoms with E-state index in [0.717, 1.165) is 16.7 Å². The van der Waals surface area contributed by atoms with Crippen LogP contribution in [0.15, 0.2) is 36.7 Å². The topological polar surface area (TPSA) is 42.4 Å². The molecule has 0 unspecified atom stereocenters. The Morgan fingerprint density at radius 3 is 2.75 bits per heavy atom. The van der Waals surface area contributed by atoms with E-state index in [4.69, 9.17) is 4.74 Å². The zero-order chi connectivity index (χ0) is 11.5. The third-order valence-electron chi connectivity index (χ3n) is 2.40. The third kappa shape index (κ3) is 1.84. The van der Waals surface area contributed by atoms with Crippen molar-refractivity contribution in [3.63, 3.8) is 0 Å². The van der Waals surface area contributed by atoms with Crippen LogP contribution in [-0.4, -0.2) is 17.2 Å². The summed E-state index contributed by atoms with van der Waals surface area (Å²) in [5.74, 6) is 0.622. The number of aryl methyl sites for hydroxylation is 1. The number of para-hydroxylation sites is 1. The van der Waals surface area contributed by atoms with Crippen LogP contribution in [0.2, 0.25) is 0 Å². The average Bonchev–Trinajstić information content (AvgIpc) is 2.29. The first-order valence-electron chi connectivity index (χ1n) is 5.00. The molecule has 0 saturated carbocycles. The van der Waals surface area contributed by atoms with E-state index in [1.54, 1.807) is 18.5 Å². The molecule has 0 spiro atoms. The standard InChI is InChI=1S/C13H13NO2/c1-9-6-10(8-14-7-9)11-4-3-5-12(16-2)13(11)15/h3-8,15H,1-2H3. The van der Waals surface area contributed by atoms with Gasteiger partial charge in [-0.3, -0.25) is 4.98 Å². The van der Waals surface area contributed by atoms with Crippen LogP contribution in [0.5, 0.6) is 11.5 Å². The minimum Gasteiger partial charge on any atom is -0.504 e. The van der Waals surface area contributed by atoms with Gasteiger partial charge < -0.3 is 9.84 Å². The normalized spacial score (nSPS) is 10.1. The van der Waals surface area contributed by atoms with Gasteiger partial charge in [-0.1, -0.05) is 12.1 Å². The molecule has 2 rings (SSSR count). The Hall–Kier alpha value is -2.03. The molecule has 3 heteroatoms. The van der Waals surface area contributed by atoms with Crippen LogP contribution in [-0.2, 0) is 0 Å². The number of benzene rings is 1. The van der Waals surface area contributed by atoms with Crippen molar-refractivity contribution in [3.05, 3.63) is 42.2 Å². The highest BCUT2D eigenvalue weighted by Crippen LogP contribution is 2.36. The summed E-state index contributed by atoms with van der Waals surface area (Å²) in [6.07, 6.45) is 3.50. The predicted molar refractivity (Wildman–Crippen MR) is 62.6 cm³/mol. The van der Waals surface area contributed by atoms with Crippen LogP contribution in [0.1, 0.15) is 5.56 Å². The van der Waals surface area contributed by atoms with Gasteiger partial charge in [-0.2, -0.15) is 0 Å². The number of phenols is 1. The number of hydrogen-bond acceptors (Lipinski definition) is 3. The first-order chi connectivity index (χ1) is 7.72. The number of pyridine rings is 1. The molecular weight excluding hydrogens is 202 g/mol. The lowest BCUT2D eigenvalue weighted by atomic mass is 10.0. The van der Waals surface area contributed by atoms with Crippen LogP contribution in [0.3, 0.4) is 0 Å². The Labute approximate surface area is 94.3 Å². The van der Waals surface area contributed by atoms with Crippen molar-refractivity contribution in [3.8, 4) is 22.6 Å². The molecule has 0 saturated heterocycles. The van der Waals surface area contributed by atoms with Gasteiger partial charge in [0, 0.05) is 23.5 Å². The largest absolute Gasteiger partial charge is 0.504 e. The Kier molecular flexibility index (Phi) is 2.77. The Balaban J connectivity index is 2.56.